The molecule has 3 N–H and O–H groups in total. The Morgan fingerprint density at radius 2 is 2.07 bits per heavy atom. The molecule has 4 nitrogen and oxygen atoms in total. The van der Waals surface area contributed by atoms with Crippen LogP contribution in [0.5, 0.6) is 0 Å². The van der Waals surface area contributed by atoms with E-state index in [0.29, 0.717) is 11.5 Å². The highest BCUT2D eigenvalue weighted by Gasteiger charge is 2.36. The van der Waals surface area contributed by atoms with Crippen LogP contribution in [-0.4, -0.2) is 26.0 Å². The van der Waals surface area contributed by atoms with E-state index >= 15 is 0 Å². The highest BCUT2D eigenvalue weighted by atomic mass is 32.2. The Balaban J connectivity index is 1.91. The molecular weight excluding hydrogens is 200 g/mol. The largest absolute Gasteiger partial charge is 0.271 e. The zero-order valence-electron chi connectivity index (χ0n) is 8.28. The number of hydrogen-bond acceptors (Lipinski definition) is 4. The van der Waals surface area contributed by atoms with E-state index in [1.807, 2.05) is 0 Å². The third kappa shape index (κ3) is 2.46. The van der Waals surface area contributed by atoms with Crippen LogP contribution in [-0.2, 0) is 9.84 Å². The zero-order valence-corrected chi connectivity index (χ0v) is 9.09. The van der Waals surface area contributed by atoms with E-state index in [9.17, 15) is 8.42 Å². The van der Waals surface area contributed by atoms with Crippen molar-refractivity contribution in [1.29, 1.82) is 0 Å². The van der Waals surface area contributed by atoms with Crippen molar-refractivity contribution in [3.05, 3.63) is 0 Å². The molecule has 2 unspecified atom stereocenters. The number of sulfone groups is 1. The van der Waals surface area contributed by atoms with Crippen molar-refractivity contribution in [3.8, 4) is 0 Å². The molecule has 0 aromatic rings. The van der Waals surface area contributed by atoms with Gasteiger partial charge in [0, 0.05) is 6.04 Å². The second kappa shape index (κ2) is 3.79. The molecule has 14 heavy (non-hydrogen) atoms. The summed E-state index contributed by atoms with van der Waals surface area (Å²) >= 11 is 0. The van der Waals surface area contributed by atoms with Crippen LogP contribution in [0.15, 0.2) is 0 Å². The Morgan fingerprint density at radius 1 is 1.36 bits per heavy atom. The predicted octanol–water partition coefficient (Wildman–Crippen LogP) is 0.0531. The van der Waals surface area contributed by atoms with E-state index in [2.05, 4.69) is 5.43 Å². The van der Waals surface area contributed by atoms with Gasteiger partial charge in [-0.05, 0) is 24.7 Å². The molecule has 1 saturated heterocycles. The molecular formula is C9H18N2O2S. The topological polar surface area (TPSA) is 72.2 Å². The molecule has 2 rings (SSSR count). The Bertz CT molecular complexity index is 298. The van der Waals surface area contributed by atoms with Crippen LogP contribution in [0.1, 0.15) is 25.7 Å². The van der Waals surface area contributed by atoms with Crippen molar-refractivity contribution in [3.63, 3.8) is 0 Å². The highest BCUT2D eigenvalue weighted by molar-refractivity contribution is 7.91. The van der Waals surface area contributed by atoms with Crippen LogP contribution in [0.2, 0.25) is 0 Å². The second-order valence-electron chi connectivity index (χ2n) is 4.62. The molecule has 2 aliphatic rings. The first-order valence-corrected chi connectivity index (χ1v) is 7.09. The van der Waals surface area contributed by atoms with Crippen LogP contribution in [0.3, 0.4) is 0 Å². The standard InChI is InChI=1S/C9H18N2O2S/c10-11-9(5-7-1-2-7)8-3-4-14(12,13)6-8/h7-9,11H,1-6,10H2. The summed E-state index contributed by atoms with van der Waals surface area (Å²) in [5.41, 5.74) is 2.79. The lowest BCUT2D eigenvalue weighted by molar-refractivity contribution is 0.352. The van der Waals surface area contributed by atoms with E-state index in [1.165, 1.54) is 12.8 Å². The molecule has 0 aromatic carbocycles. The van der Waals surface area contributed by atoms with Crippen LogP contribution < -0.4 is 11.3 Å². The fourth-order valence-electron chi connectivity index (χ4n) is 2.25. The molecule has 2 atom stereocenters. The number of nitrogens with two attached hydrogens (primary N) is 1. The molecule has 82 valence electrons. The van der Waals surface area contributed by atoms with Crippen molar-refractivity contribution in [2.75, 3.05) is 11.5 Å². The maximum atomic E-state index is 11.3. The summed E-state index contributed by atoms with van der Waals surface area (Å²) < 4.78 is 22.6. The molecule has 5 heteroatoms. The van der Waals surface area contributed by atoms with Gasteiger partial charge in [0.1, 0.15) is 0 Å². The van der Waals surface area contributed by atoms with Gasteiger partial charge in [-0.25, -0.2) is 8.42 Å². The molecule has 0 aromatic heterocycles. The average Bonchev–Trinajstić information content (AvgIpc) is 2.86. The average molecular weight is 218 g/mol. The summed E-state index contributed by atoms with van der Waals surface area (Å²) in [4.78, 5) is 0. The molecule has 0 radical (unpaired) electrons. The summed E-state index contributed by atoms with van der Waals surface area (Å²) in [5, 5.41) is 0. The van der Waals surface area contributed by atoms with E-state index < -0.39 is 9.84 Å². The number of nitrogens with one attached hydrogen (secondary N) is 1. The monoisotopic (exact) mass is 218 g/mol. The first-order chi connectivity index (χ1) is 6.61. The molecule has 2 fully saturated rings. The lowest BCUT2D eigenvalue weighted by atomic mass is 9.95. The maximum absolute atomic E-state index is 11.3. The molecule has 1 aliphatic carbocycles. The van der Waals surface area contributed by atoms with Crippen LogP contribution in [0.4, 0.5) is 0 Å². The summed E-state index contributed by atoms with van der Waals surface area (Å²) in [5.74, 6) is 7.18. The normalized spacial score (nSPS) is 33.1. The minimum Gasteiger partial charge on any atom is -0.271 e. The van der Waals surface area contributed by atoms with Gasteiger partial charge in [-0.2, -0.15) is 0 Å². The molecule has 0 spiro atoms. The van der Waals surface area contributed by atoms with Crippen LogP contribution in [0.25, 0.3) is 0 Å². The Kier molecular flexibility index (Phi) is 2.81. The highest BCUT2D eigenvalue weighted by Crippen LogP contribution is 2.36. The Hall–Kier alpha value is -0.130. The minimum atomic E-state index is -2.76. The fraction of sp³-hybridized carbons (Fsp3) is 1.00. The van der Waals surface area contributed by atoms with E-state index in [0.717, 1.165) is 18.8 Å². The summed E-state index contributed by atoms with van der Waals surface area (Å²) in [6.45, 7) is 0. The molecule has 0 amide bonds. The first kappa shape index (κ1) is 10.4. The van der Waals surface area contributed by atoms with Gasteiger partial charge in [0.25, 0.3) is 0 Å². The Morgan fingerprint density at radius 3 is 2.50 bits per heavy atom. The smallest absolute Gasteiger partial charge is 0.150 e. The minimum absolute atomic E-state index is 0.208. The number of rotatable bonds is 4. The van der Waals surface area contributed by atoms with Gasteiger partial charge in [0.15, 0.2) is 9.84 Å². The molecule has 1 heterocycles. The zero-order chi connectivity index (χ0) is 10.2. The third-order valence-electron chi connectivity index (χ3n) is 3.33. The molecule has 1 saturated carbocycles. The van der Waals surface area contributed by atoms with Gasteiger partial charge in [0.2, 0.25) is 0 Å². The SMILES string of the molecule is NNC(CC1CC1)C1CCS(=O)(=O)C1. The third-order valence-corrected chi connectivity index (χ3v) is 5.13. The summed E-state index contributed by atoms with van der Waals surface area (Å²) in [7, 11) is -2.76. The van der Waals surface area contributed by atoms with Gasteiger partial charge < -0.3 is 0 Å². The van der Waals surface area contributed by atoms with Crippen molar-refractivity contribution in [1.82, 2.24) is 5.43 Å². The van der Waals surface area contributed by atoms with Crippen molar-refractivity contribution in [2.24, 2.45) is 17.7 Å². The van der Waals surface area contributed by atoms with Crippen LogP contribution in [0, 0.1) is 11.8 Å². The van der Waals surface area contributed by atoms with Crippen molar-refractivity contribution >= 4 is 9.84 Å². The fourth-order valence-corrected chi connectivity index (χ4v) is 4.13. The van der Waals surface area contributed by atoms with Crippen molar-refractivity contribution < 1.29 is 8.42 Å². The van der Waals surface area contributed by atoms with Gasteiger partial charge in [0.05, 0.1) is 11.5 Å². The quantitative estimate of drug-likeness (QED) is 0.517. The maximum Gasteiger partial charge on any atom is 0.150 e. The van der Waals surface area contributed by atoms with E-state index in [1.54, 1.807) is 0 Å². The Labute approximate surface area is 85.1 Å². The molecule has 1 aliphatic heterocycles. The van der Waals surface area contributed by atoms with E-state index in [-0.39, 0.29) is 12.0 Å². The van der Waals surface area contributed by atoms with E-state index in [4.69, 9.17) is 5.84 Å². The molecule has 0 bridgehead atoms. The van der Waals surface area contributed by atoms with Crippen LogP contribution >= 0.6 is 0 Å². The first-order valence-electron chi connectivity index (χ1n) is 5.27. The van der Waals surface area contributed by atoms with Gasteiger partial charge >= 0.3 is 0 Å². The number of hydrogen-bond donors (Lipinski definition) is 2. The second-order valence-corrected chi connectivity index (χ2v) is 6.84. The van der Waals surface area contributed by atoms with Gasteiger partial charge in [-0.3, -0.25) is 11.3 Å². The van der Waals surface area contributed by atoms with Gasteiger partial charge in [-0.15, -0.1) is 0 Å². The van der Waals surface area contributed by atoms with Crippen molar-refractivity contribution in [2.45, 2.75) is 31.7 Å². The lowest BCUT2D eigenvalue weighted by Crippen LogP contribution is -2.41. The summed E-state index contributed by atoms with van der Waals surface area (Å²) in [6, 6.07) is 0.208. The summed E-state index contributed by atoms with van der Waals surface area (Å²) in [6.07, 6.45) is 4.41. The lowest BCUT2D eigenvalue weighted by Gasteiger charge is -2.21. The van der Waals surface area contributed by atoms with Gasteiger partial charge in [-0.1, -0.05) is 12.8 Å². The number of hydrazine groups is 1. The predicted molar refractivity (Wildman–Crippen MR) is 55.2 cm³/mol.